The maximum atomic E-state index is 13.1. The maximum Gasteiger partial charge on any atom is 0.183 e. The van der Waals surface area contributed by atoms with Crippen molar-refractivity contribution in [2.45, 2.75) is 22.6 Å². The van der Waals surface area contributed by atoms with Crippen LogP contribution in [0.1, 0.15) is 17.0 Å². The Kier molecular flexibility index (Phi) is 3.74. The van der Waals surface area contributed by atoms with E-state index in [1.54, 1.807) is 30.7 Å². The van der Waals surface area contributed by atoms with E-state index in [2.05, 4.69) is 4.90 Å². The fraction of sp³-hybridized carbons (Fsp3) is 0.238. The first-order valence-corrected chi connectivity index (χ1v) is 10.4. The topological polar surface area (TPSA) is 50.5 Å². The van der Waals surface area contributed by atoms with Crippen LogP contribution in [0, 0.1) is 5.82 Å². The molecule has 0 N–H and O–H groups in total. The van der Waals surface area contributed by atoms with Gasteiger partial charge in [-0.25, -0.2) is 12.8 Å². The molecule has 0 amide bonds. The molecule has 0 unspecified atom stereocenters. The van der Waals surface area contributed by atoms with Gasteiger partial charge in [-0.3, -0.25) is 4.90 Å². The van der Waals surface area contributed by atoms with Crippen LogP contribution in [-0.2, 0) is 16.4 Å². The standard InChI is InChI=1S/C21H18FNO3S/c22-17-4-1-14(2-5-17)10-23-11-19-18-9-15(16-7-8-26-13-16)3-6-20(18)27(24,25)21(19)12-23/h1-9,13,19,21H,10-12H2/t19-,21-/m0/s1. The first-order chi connectivity index (χ1) is 13.0. The van der Waals surface area contributed by atoms with Gasteiger partial charge in [-0.1, -0.05) is 18.2 Å². The summed E-state index contributed by atoms with van der Waals surface area (Å²) in [6, 6.07) is 13.8. The van der Waals surface area contributed by atoms with Crippen LogP contribution in [0.15, 0.2) is 70.4 Å². The molecule has 6 heteroatoms. The molecule has 27 heavy (non-hydrogen) atoms. The number of hydrogen-bond acceptors (Lipinski definition) is 4. The third kappa shape index (κ3) is 2.71. The summed E-state index contributed by atoms with van der Waals surface area (Å²) in [5.74, 6) is -0.294. The number of rotatable bonds is 3. The molecule has 2 aliphatic rings. The molecule has 5 rings (SSSR count). The van der Waals surface area contributed by atoms with Crippen LogP contribution in [0.3, 0.4) is 0 Å². The first-order valence-electron chi connectivity index (χ1n) is 8.89. The summed E-state index contributed by atoms with van der Waals surface area (Å²) < 4.78 is 44.3. The highest BCUT2D eigenvalue weighted by Crippen LogP contribution is 2.46. The second kappa shape index (κ2) is 6.04. The Morgan fingerprint density at radius 1 is 1.04 bits per heavy atom. The molecular weight excluding hydrogens is 365 g/mol. The molecule has 138 valence electrons. The van der Waals surface area contributed by atoms with Crippen molar-refractivity contribution in [1.29, 1.82) is 0 Å². The van der Waals surface area contributed by atoms with Gasteiger partial charge in [-0.2, -0.15) is 0 Å². The molecule has 3 heterocycles. The fourth-order valence-electron chi connectivity index (χ4n) is 4.31. The van der Waals surface area contributed by atoms with Gasteiger partial charge in [-0.15, -0.1) is 0 Å². The van der Waals surface area contributed by atoms with Crippen LogP contribution in [0.5, 0.6) is 0 Å². The van der Waals surface area contributed by atoms with Crippen molar-refractivity contribution in [2.75, 3.05) is 13.1 Å². The van der Waals surface area contributed by atoms with E-state index in [4.69, 9.17) is 4.42 Å². The van der Waals surface area contributed by atoms with E-state index in [1.165, 1.54) is 12.1 Å². The van der Waals surface area contributed by atoms with E-state index in [0.717, 1.165) is 22.3 Å². The highest BCUT2D eigenvalue weighted by atomic mass is 32.2. The Balaban J connectivity index is 1.46. The molecule has 4 nitrogen and oxygen atoms in total. The van der Waals surface area contributed by atoms with Gasteiger partial charge in [0, 0.05) is 31.1 Å². The summed E-state index contributed by atoms with van der Waals surface area (Å²) in [7, 11) is -3.33. The molecule has 3 aromatic rings. The van der Waals surface area contributed by atoms with E-state index < -0.39 is 15.1 Å². The van der Waals surface area contributed by atoms with Crippen molar-refractivity contribution in [3.63, 3.8) is 0 Å². The minimum atomic E-state index is -3.33. The van der Waals surface area contributed by atoms with Crippen molar-refractivity contribution in [3.8, 4) is 11.1 Å². The van der Waals surface area contributed by atoms with E-state index >= 15 is 0 Å². The highest BCUT2D eigenvalue weighted by Gasteiger charge is 2.50. The lowest BCUT2D eigenvalue weighted by atomic mass is 9.95. The molecule has 2 aliphatic heterocycles. The van der Waals surface area contributed by atoms with Crippen molar-refractivity contribution in [2.24, 2.45) is 0 Å². The number of fused-ring (bicyclic) bond motifs is 3. The van der Waals surface area contributed by atoms with Gasteiger partial charge >= 0.3 is 0 Å². The zero-order chi connectivity index (χ0) is 18.6. The van der Waals surface area contributed by atoms with Crippen molar-refractivity contribution >= 4 is 9.84 Å². The first kappa shape index (κ1) is 16.7. The Morgan fingerprint density at radius 3 is 2.59 bits per heavy atom. The van der Waals surface area contributed by atoms with Crippen LogP contribution >= 0.6 is 0 Å². The second-order valence-corrected chi connectivity index (χ2v) is 9.41. The highest BCUT2D eigenvalue weighted by molar-refractivity contribution is 7.92. The molecule has 0 saturated carbocycles. The lowest BCUT2D eigenvalue weighted by molar-refractivity contribution is 0.325. The molecule has 0 spiro atoms. The predicted octanol–water partition coefficient (Wildman–Crippen LogP) is 3.84. The average molecular weight is 383 g/mol. The van der Waals surface area contributed by atoms with E-state index in [9.17, 15) is 12.8 Å². The number of hydrogen-bond donors (Lipinski definition) is 0. The zero-order valence-electron chi connectivity index (χ0n) is 14.5. The normalized spacial score (nSPS) is 23.3. The summed E-state index contributed by atoms with van der Waals surface area (Å²) in [6.45, 7) is 1.81. The van der Waals surface area contributed by atoms with Crippen LogP contribution in [-0.4, -0.2) is 31.7 Å². The van der Waals surface area contributed by atoms with Crippen molar-refractivity contribution in [1.82, 2.24) is 4.90 Å². The molecular formula is C21H18FNO3S. The van der Waals surface area contributed by atoms with Gasteiger partial charge in [0.1, 0.15) is 5.82 Å². The molecule has 2 atom stereocenters. The summed E-state index contributed by atoms with van der Waals surface area (Å²) in [4.78, 5) is 2.61. The van der Waals surface area contributed by atoms with E-state index in [0.29, 0.717) is 24.5 Å². The van der Waals surface area contributed by atoms with Crippen LogP contribution in [0.2, 0.25) is 0 Å². The number of likely N-dealkylation sites (tertiary alicyclic amines) is 1. The van der Waals surface area contributed by atoms with Gasteiger partial charge < -0.3 is 4.42 Å². The Labute approximate surface area is 157 Å². The fourth-order valence-corrected chi connectivity index (χ4v) is 6.51. The zero-order valence-corrected chi connectivity index (χ0v) is 15.3. The minimum Gasteiger partial charge on any atom is -0.472 e. The maximum absolute atomic E-state index is 13.1. The molecule has 0 aliphatic carbocycles. The van der Waals surface area contributed by atoms with Crippen LogP contribution in [0.4, 0.5) is 4.39 Å². The molecule has 1 saturated heterocycles. The van der Waals surface area contributed by atoms with Crippen LogP contribution < -0.4 is 0 Å². The molecule has 1 aromatic heterocycles. The largest absolute Gasteiger partial charge is 0.472 e. The monoisotopic (exact) mass is 383 g/mol. The summed E-state index contributed by atoms with van der Waals surface area (Å²) >= 11 is 0. The lowest BCUT2D eigenvalue weighted by Crippen LogP contribution is -2.25. The summed E-state index contributed by atoms with van der Waals surface area (Å²) in [5.41, 5.74) is 3.80. The summed E-state index contributed by atoms with van der Waals surface area (Å²) in [5, 5.41) is -0.410. The third-order valence-electron chi connectivity index (χ3n) is 5.63. The Morgan fingerprint density at radius 2 is 1.85 bits per heavy atom. The van der Waals surface area contributed by atoms with Gasteiger partial charge in [0.15, 0.2) is 9.84 Å². The summed E-state index contributed by atoms with van der Waals surface area (Å²) in [6.07, 6.45) is 3.28. The lowest BCUT2D eigenvalue weighted by Gasteiger charge is -2.17. The van der Waals surface area contributed by atoms with Crippen molar-refractivity contribution < 1.29 is 17.2 Å². The average Bonchev–Trinajstić information content (AvgIpc) is 3.36. The minimum absolute atomic E-state index is 0.0303. The van der Waals surface area contributed by atoms with E-state index in [1.807, 2.05) is 18.2 Å². The second-order valence-electron chi connectivity index (χ2n) is 7.28. The molecule has 0 bridgehead atoms. The van der Waals surface area contributed by atoms with Gasteiger partial charge in [0.2, 0.25) is 0 Å². The molecule has 0 radical (unpaired) electrons. The number of benzene rings is 2. The third-order valence-corrected chi connectivity index (χ3v) is 7.89. The number of nitrogens with zero attached hydrogens (tertiary/aromatic N) is 1. The number of halogens is 1. The number of sulfone groups is 1. The molecule has 2 aromatic carbocycles. The number of furan rings is 1. The molecule has 1 fully saturated rings. The van der Waals surface area contributed by atoms with Gasteiger partial charge in [0.25, 0.3) is 0 Å². The van der Waals surface area contributed by atoms with Crippen LogP contribution in [0.25, 0.3) is 11.1 Å². The SMILES string of the molecule is O=S1(=O)c2ccc(-c3ccoc3)cc2[C@@H]2CN(Cc3ccc(F)cc3)C[C@@H]21. The Bertz CT molecular complexity index is 1090. The van der Waals surface area contributed by atoms with Crippen molar-refractivity contribution in [3.05, 3.63) is 78.0 Å². The van der Waals surface area contributed by atoms with Gasteiger partial charge in [0.05, 0.1) is 22.7 Å². The quantitative estimate of drug-likeness (QED) is 0.690. The van der Waals surface area contributed by atoms with E-state index in [-0.39, 0.29) is 11.7 Å². The Hall–Kier alpha value is -2.44. The van der Waals surface area contributed by atoms with Gasteiger partial charge in [-0.05, 0) is 47.0 Å². The smallest absolute Gasteiger partial charge is 0.183 e. The predicted molar refractivity (Wildman–Crippen MR) is 99.5 cm³/mol.